The predicted octanol–water partition coefficient (Wildman–Crippen LogP) is 1.51. The molecule has 0 aromatic rings. The van der Waals surface area contributed by atoms with Crippen molar-refractivity contribution in [3.63, 3.8) is 0 Å². The maximum Gasteiger partial charge on any atom is 0.237 e. The van der Waals surface area contributed by atoms with Crippen LogP contribution in [0.5, 0.6) is 0 Å². The minimum absolute atomic E-state index is 0.0501. The van der Waals surface area contributed by atoms with Gasteiger partial charge in [-0.2, -0.15) is 9.98 Å². The summed E-state index contributed by atoms with van der Waals surface area (Å²) in [5.41, 5.74) is 0.229. The Kier molecular flexibility index (Phi) is 1.84. The van der Waals surface area contributed by atoms with Crippen LogP contribution in [0.15, 0.2) is 33.8 Å². The molecular weight excluding hydrogens is 204 g/mol. The van der Waals surface area contributed by atoms with E-state index in [9.17, 15) is 9.59 Å². The molecule has 4 nitrogen and oxygen atoms in total. The normalized spacial score (nSPS) is 42.2. The molecule has 3 aliphatic carbocycles. The van der Waals surface area contributed by atoms with E-state index in [4.69, 9.17) is 0 Å². The van der Waals surface area contributed by atoms with Gasteiger partial charge in [-0.25, -0.2) is 9.59 Å². The molecule has 2 bridgehead atoms. The summed E-state index contributed by atoms with van der Waals surface area (Å²) in [6.07, 6.45) is 11.2. The second-order valence-electron chi connectivity index (χ2n) is 4.58. The van der Waals surface area contributed by atoms with Crippen LogP contribution in [0.2, 0.25) is 0 Å². The Hall–Kier alpha value is -1.76. The van der Waals surface area contributed by atoms with Gasteiger partial charge < -0.3 is 0 Å². The third kappa shape index (κ3) is 1.00. The zero-order valence-corrected chi connectivity index (χ0v) is 8.59. The Bertz CT molecular complexity index is 475. The molecule has 3 atom stereocenters. The fraction of sp³-hybridized carbons (Fsp3) is 0.500. The first-order valence-corrected chi connectivity index (χ1v) is 5.37. The summed E-state index contributed by atoms with van der Waals surface area (Å²) < 4.78 is 0. The predicted molar refractivity (Wildman–Crippen MR) is 55.9 cm³/mol. The second-order valence-corrected chi connectivity index (χ2v) is 4.58. The quantitative estimate of drug-likeness (QED) is 0.397. The van der Waals surface area contributed by atoms with Crippen LogP contribution >= 0.6 is 0 Å². The average Bonchev–Trinajstić information content (AvgIpc) is 2.92. The van der Waals surface area contributed by atoms with Crippen molar-refractivity contribution in [2.75, 3.05) is 0 Å². The summed E-state index contributed by atoms with van der Waals surface area (Å²) in [4.78, 5) is 28.5. The number of hydrogen-bond donors (Lipinski definition) is 0. The molecule has 80 valence electrons. The fourth-order valence-electron chi connectivity index (χ4n) is 3.40. The third-order valence-electron chi connectivity index (χ3n) is 3.98. The zero-order valence-electron chi connectivity index (χ0n) is 8.59. The van der Waals surface area contributed by atoms with Gasteiger partial charge in [0.05, 0.1) is 0 Å². The lowest BCUT2D eigenvalue weighted by atomic mass is 9.82. The Morgan fingerprint density at radius 1 is 1.31 bits per heavy atom. The monoisotopic (exact) mass is 214 g/mol. The summed E-state index contributed by atoms with van der Waals surface area (Å²) in [6, 6.07) is 0. The first kappa shape index (κ1) is 9.46. The van der Waals surface area contributed by atoms with Gasteiger partial charge in [-0.3, -0.25) is 0 Å². The fourth-order valence-corrected chi connectivity index (χ4v) is 3.40. The van der Waals surface area contributed by atoms with Gasteiger partial charge in [-0.15, -0.1) is 0 Å². The molecule has 4 heteroatoms. The molecule has 3 rings (SSSR count). The minimum Gasteiger partial charge on any atom is -0.211 e. The topological polar surface area (TPSA) is 58.9 Å². The van der Waals surface area contributed by atoms with Crippen LogP contribution in [0.4, 0.5) is 0 Å². The standard InChI is InChI=1S/C12H10N2O2/c15-6-13-12(14-7-16)4-3-10-8-1-2-9(5-8)11(10)12/h2-4,8,10-11H,1,5H2. The van der Waals surface area contributed by atoms with Crippen LogP contribution < -0.4 is 0 Å². The van der Waals surface area contributed by atoms with Crippen LogP contribution in [0.25, 0.3) is 0 Å². The molecular formula is C12H10N2O2. The molecule has 0 heterocycles. The molecule has 1 fully saturated rings. The summed E-state index contributed by atoms with van der Waals surface area (Å²) >= 11 is 0. The van der Waals surface area contributed by atoms with Gasteiger partial charge in [-0.1, -0.05) is 17.7 Å². The van der Waals surface area contributed by atoms with E-state index in [-0.39, 0.29) is 5.92 Å². The van der Waals surface area contributed by atoms with E-state index in [0.717, 1.165) is 12.8 Å². The first-order valence-electron chi connectivity index (χ1n) is 5.37. The van der Waals surface area contributed by atoms with E-state index in [1.54, 1.807) is 6.08 Å². The number of isocyanates is 2. The van der Waals surface area contributed by atoms with Crippen molar-refractivity contribution in [3.05, 3.63) is 23.8 Å². The van der Waals surface area contributed by atoms with Crippen molar-refractivity contribution in [3.8, 4) is 0 Å². The maximum atomic E-state index is 10.5. The van der Waals surface area contributed by atoms with Crippen molar-refractivity contribution in [1.82, 2.24) is 0 Å². The number of aliphatic imine (C=N–C) groups is 2. The number of fused-ring (bicyclic) bond motifs is 5. The second kappa shape index (κ2) is 3.11. The minimum atomic E-state index is -1.05. The Morgan fingerprint density at radius 2 is 2.06 bits per heavy atom. The number of nitrogens with zero attached hydrogens (tertiary/aromatic N) is 2. The molecule has 3 aliphatic rings. The largest absolute Gasteiger partial charge is 0.237 e. The highest BCUT2D eigenvalue weighted by molar-refractivity contribution is 5.47. The van der Waals surface area contributed by atoms with Gasteiger partial charge in [0.25, 0.3) is 0 Å². The lowest BCUT2D eigenvalue weighted by molar-refractivity contribution is 0.320. The summed E-state index contributed by atoms with van der Waals surface area (Å²) in [5.74, 6) is 1.02. The number of allylic oxidation sites excluding steroid dienone is 2. The number of carbonyl (C=O) groups excluding carboxylic acids is 2. The van der Waals surface area contributed by atoms with E-state index in [2.05, 4.69) is 16.1 Å². The van der Waals surface area contributed by atoms with Crippen molar-refractivity contribution in [2.24, 2.45) is 27.7 Å². The van der Waals surface area contributed by atoms with Crippen LogP contribution in [0.3, 0.4) is 0 Å². The lowest BCUT2D eigenvalue weighted by Crippen LogP contribution is -2.32. The SMILES string of the molecule is O=C=NC1(N=C=O)C=CC2C3CC=C(C3)C21. The Balaban J connectivity index is 2.12. The zero-order chi connectivity index (χ0) is 11.2. The summed E-state index contributed by atoms with van der Waals surface area (Å²) in [6.45, 7) is 0. The van der Waals surface area contributed by atoms with E-state index in [1.165, 1.54) is 17.7 Å². The smallest absolute Gasteiger partial charge is 0.211 e. The highest BCUT2D eigenvalue weighted by Crippen LogP contribution is 2.57. The molecule has 3 unspecified atom stereocenters. The molecule has 0 aliphatic heterocycles. The number of rotatable bonds is 2. The van der Waals surface area contributed by atoms with Crippen molar-refractivity contribution >= 4 is 12.2 Å². The van der Waals surface area contributed by atoms with Gasteiger partial charge in [0.2, 0.25) is 12.2 Å². The molecule has 0 radical (unpaired) electrons. The molecule has 0 amide bonds. The highest BCUT2D eigenvalue weighted by Gasteiger charge is 2.55. The average molecular weight is 214 g/mol. The third-order valence-corrected chi connectivity index (χ3v) is 3.98. The molecule has 0 spiro atoms. The molecule has 16 heavy (non-hydrogen) atoms. The van der Waals surface area contributed by atoms with Gasteiger partial charge in [0.1, 0.15) is 0 Å². The van der Waals surface area contributed by atoms with Gasteiger partial charge in [0, 0.05) is 5.92 Å². The summed E-state index contributed by atoms with van der Waals surface area (Å²) in [7, 11) is 0. The molecule has 1 saturated carbocycles. The van der Waals surface area contributed by atoms with Gasteiger partial charge >= 0.3 is 0 Å². The van der Waals surface area contributed by atoms with E-state index in [0.29, 0.717) is 11.8 Å². The van der Waals surface area contributed by atoms with Crippen LogP contribution in [-0.4, -0.2) is 17.8 Å². The lowest BCUT2D eigenvalue weighted by Gasteiger charge is -2.27. The first-order chi connectivity index (χ1) is 7.80. The van der Waals surface area contributed by atoms with Crippen LogP contribution in [0, 0.1) is 17.8 Å². The van der Waals surface area contributed by atoms with Gasteiger partial charge in [0.15, 0.2) is 5.66 Å². The summed E-state index contributed by atoms with van der Waals surface area (Å²) in [5, 5.41) is 0. The Morgan fingerprint density at radius 3 is 2.75 bits per heavy atom. The Labute approximate surface area is 92.5 Å². The molecule has 0 N–H and O–H groups in total. The van der Waals surface area contributed by atoms with Crippen molar-refractivity contribution in [1.29, 1.82) is 0 Å². The van der Waals surface area contributed by atoms with E-state index >= 15 is 0 Å². The van der Waals surface area contributed by atoms with Crippen LogP contribution in [0.1, 0.15) is 12.8 Å². The number of hydrogen-bond acceptors (Lipinski definition) is 4. The molecule has 0 aromatic heterocycles. The van der Waals surface area contributed by atoms with E-state index in [1.807, 2.05) is 6.08 Å². The van der Waals surface area contributed by atoms with Crippen molar-refractivity contribution < 1.29 is 9.59 Å². The van der Waals surface area contributed by atoms with E-state index < -0.39 is 5.66 Å². The highest BCUT2D eigenvalue weighted by atomic mass is 16.1. The van der Waals surface area contributed by atoms with Crippen molar-refractivity contribution in [2.45, 2.75) is 18.5 Å². The maximum absolute atomic E-state index is 10.5. The van der Waals surface area contributed by atoms with Gasteiger partial charge in [-0.05, 0) is 30.8 Å². The van der Waals surface area contributed by atoms with Crippen LogP contribution in [-0.2, 0) is 9.59 Å². The molecule has 0 saturated heterocycles. The molecule has 0 aromatic carbocycles.